The molecule has 0 amide bonds. The van der Waals surface area contributed by atoms with E-state index in [1.54, 1.807) is 19.1 Å². The summed E-state index contributed by atoms with van der Waals surface area (Å²) in [6.07, 6.45) is 2.74. The van der Waals surface area contributed by atoms with Crippen LogP contribution in [0.1, 0.15) is 6.92 Å². The van der Waals surface area contributed by atoms with Crippen molar-refractivity contribution in [1.29, 1.82) is 0 Å². The lowest BCUT2D eigenvalue weighted by molar-refractivity contribution is 0.355. The third-order valence-corrected chi connectivity index (χ3v) is 5.19. The molecule has 0 spiro atoms. The van der Waals surface area contributed by atoms with Crippen molar-refractivity contribution in [3.63, 3.8) is 0 Å². The van der Waals surface area contributed by atoms with Gasteiger partial charge in [0.2, 0.25) is 0 Å². The number of benzene rings is 1. The fourth-order valence-electron chi connectivity index (χ4n) is 2.51. The molecule has 26 heavy (non-hydrogen) atoms. The Morgan fingerprint density at radius 2 is 1.88 bits per heavy atom. The van der Waals surface area contributed by atoms with Crippen molar-refractivity contribution in [3.05, 3.63) is 47.1 Å². The Labute approximate surface area is 149 Å². The molecular weight excluding hydrogens is 360 g/mol. The highest BCUT2D eigenvalue weighted by molar-refractivity contribution is 7.92. The van der Waals surface area contributed by atoms with Gasteiger partial charge in [-0.3, -0.25) is 13.9 Å². The van der Waals surface area contributed by atoms with Crippen molar-refractivity contribution in [2.24, 2.45) is 0 Å². The molecule has 9 nitrogen and oxygen atoms in total. The van der Waals surface area contributed by atoms with Gasteiger partial charge in [0, 0.05) is 18.8 Å². The summed E-state index contributed by atoms with van der Waals surface area (Å²) in [6, 6.07) is 5.98. The van der Waals surface area contributed by atoms with Gasteiger partial charge in [0.05, 0.1) is 19.9 Å². The van der Waals surface area contributed by atoms with E-state index in [1.165, 1.54) is 48.0 Å². The summed E-state index contributed by atoms with van der Waals surface area (Å²) < 4.78 is 40.7. The van der Waals surface area contributed by atoms with Gasteiger partial charge in [0.25, 0.3) is 15.6 Å². The molecule has 2 aromatic heterocycles. The number of sulfonamides is 1. The van der Waals surface area contributed by atoms with Gasteiger partial charge in [-0.15, -0.1) is 0 Å². The quantitative estimate of drug-likeness (QED) is 0.694. The predicted molar refractivity (Wildman–Crippen MR) is 95.5 cm³/mol. The van der Waals surface area contributed by atoms with E-state index in [0.29, 0.717) is 23.7 Å². The molecule has 0 unspecified atom stereocenters. The van der Waals surface area contributed by atoms with Gasteiger partial charge < -0.3 is 9.47 Å². The zero-order valence-corrected chi connectivity index (χ0v) is 15.3. The number of aromatic nitrogens is 3. The molecule has 1 N–H and O–H groups in total. The maximum absolute atomic E-state index is 12.7. The standard InChI is InChI=1S/C16H18N4O5S/c1-4-20-16(21)13-8-12(9-19(13)10-17-20)26(22,23)18-11-5-6-14(24-2)15(7-11)25-3/h5-10,18H,4H2,1-3H3. The summed E-state index contributed by atoms with van der Waals surface area (Å²) >= 11 is 0. The fraction of sp³-hybridized carbons (Fsp3) is 0.250. The van der Waals surface area contributed by atoms with Crippen LogP contribution in [0.4, 0.5) is 5.69 Å². The van der Waals surface area contributed by atoms with Gasteiger partial charge in [-0.25, -0.2) is 13.1 Å². The molecule has 0 aliphatic carbocycles. The Morgan fingerprint density at radius 3 is 2.54 bits per heavy atom. The molecule has 10 heteroatoms. The van der Waals surface area contributed by atoms with Crippen LogP contribution in [0.25, 0.3) is 5.52 Å². The molecule has 0 bridgehead atoms. The summed E-state index contributed by atoms with van der Waals surface area (Å²) in [4.78, 5) is 12.2. The summed E-state index contributed by atoms with van der Waals surface area (Å²) in [5.74, 6) is 0.876. The Morgan fingerprint density at radius 1 is 1.15 bits per heavy atom. The van der Waals surface area contributed by atoms with E-state index in [1.807, 2.05) is 0 Å². The fourth-order valence-corrected chi connectivity index (χ4v) is 3.58. The lowest BCUT2D eigenvalue weighted by atomic mass is 10.3. The second kappa shape index (κ2) is 6.71. The Kier molecular flexibility index (Phi) is 4.60. The number of nitrogens with zero attached hydrogens (tertiary/aromatic N) is 3. The largest absolute Gasteiger partial charge is 0.493 e. The van der Waals surface area contributed by atoms with Crippen LogP contribution in [0.5, 0.6) is 11.5 Å². The topological polar surface area (TPSA) is 104 Å². The number of hydrogen-bond acceptors (Lipinski definition) is 6. The van der Waals surface area contributed by atoms with Crippen molar-refractivity contribution >= 4 is 21.2 Å². The molecular formula is C16H18N4O5S. The van der Waals surface area contributed by atoms with Crippen LogP contribution in [-0.2, 0) is 16.6 Å². The summed E-state index contributed by atoms with van der Waals surface area (Å²) in [7, 11) is -0.947. The Balaban J connectivity index is 1.99. The Bertz CT molecular complexity index is 1120. The number of rotatable bonds is 6. The second-order valence-corrected chi connectivity index (χ2v) is 7.08. The first-order valence-electron chi connectivity index (χ1n) is 7.72. The predicted octanol–water partition coefficient (Wildman–Crippen LogP) is 1.33. The van der Waals surface area contributed by atoms with Crippen LogP contribution >= 0.6 is 0 Å². The molecule has 0 fully saturated rings. The summed E-state index contributed by atoms with van der Waals surface area (Å²) in [5.41, 5.74) is 0.180. The molecule has 3 rings (SSSR count). The lowest BCUT2D eigenvalue weighted by Gasteiger charge is -2.11. The average Bonchev–Trinajstić information content (AvgIpc) is 3.08. The highest BCUT2D eigenvalue weighted by atomic mass is 32.2. The molecule has 0 saturated carbocycles. The van der Waals surface area contributed by atoms with E-state index < -0.39 is 10.0 Å². The molecule has 0 saturated heterocycles. The van der Waals surface area contributed by atoms with Crippen LogP contribution in [0.3, 0.4) is 0 Å². The van der Waals surface area contributed by atoms with Crippen LogP contribution in [0.2, 0.25) is 0 Å². The van der Waals surface area contributed by atoms with E-state index >= 15 is 0 Å². The molecule has 0 radical (unpaired) electrons. The average molecular weight is 378 g/mol. The van der Waals surface area contributed by atoms with Crippen molar-refractivity contribution in [1.82, 2.24) is 14.2 Å². The van der Waals surface area contributed by atoms with E-state index in [9.17, 15) is 13.2 Å². The first-order chi connectivity index (χ1) is 12.4. The number of anilines is 1. The van der Waals surface area contributed by atoms with E-state index in [2.05, 4.69) is 9.82 Å². The molecule has 0 aliphatic heterocycles. The first-order valence-corrected chi connectivity index (χ1v) is 9.20. The maximum atomic E-state index is 12.7. The number of aryl methyl sites for hydroxylation is 1. The maximum Gasteiger partial charge on any atom is 0.291 e. The second-order valence-electron chi connectivity index (χ2n) is 5.40. The number of fused-ring (bicyclic) bond motifs is 1. The number of methoxy groups -OCH3 is 2. The van der Waals surface area contributed by atoms with Crippen molar-refractivity contribution in [2.45, 2.75) is 18.4 Å². The van der Waals surface area contributed by atoms with Crippen LogP contribution in [0, 0.1) is 0 Å². The van der Waals surface area contributed by atoms with Gasteiger partial charge in [-0.2, -0.15) is 5.10 Å². The molecule has 138 valence electrons. The SMILES string of the molecule is CCn1ncn2cc(S(=O)(=O)Nc3ccc(OC)c(OC)c3)cc2c1=O. The van der Waals surface area contributed by atoms with Gasteiger partial charge in [0.15, 0.2) is 11.5 Å². The smallest absolute Gasteiger partial charge is 0.291 e. The first kappa shape index (κ1) is 17.8. The van der Waals surface area contributed by atoms with Crippen LogP contribution < -0.4 is 19.8 Å². The molecule has 1 aromatic carbocycles. The third-order valence-electron chi connectivity index (χ3n) is 3.84. The zero-order chi connectivity index (χ0) is 18.9. The minimum atomic E-state index is -3.90. The molecule has 2 heterocycles. The third kappa shape index (κ3) is 3.10. The van der Waals surface area contributed by atoms with Gasteiger partial charge >= 0.3 is 0 Å². The minimum absolute atomic E-state index is 0.0416. The number of hydrogen-bond donors (Lipinski definition) is 1. The number of ether oxygens (including phenoxy) is 2. The highest BCUT2D eigenvalue weighted by Crippen LogP contribution is 2.30. The van der Waals surface area contributed by atoms with Crippen molar-refractivity contribution < 1.29 is 17.9 Å². The van der Waals surface area contributed by atoms with Gasteiger partial charge in [-0.05, 0) is 25.1 Å². The molecule has 0 aliphatic rings. The minimum Gasteiger partial charge on any atom is -0.493 e. The molecule has 0 atom stereocenters. The van der Waals surface area contributed by atoms with Gasteiger partial charge in [0.1, 0.15) is 16.7 Å². The van der Waals surface area contributed by atoms with Crippen LogP contribution in [0.15, 0.2) is 46.5 Å². The van der Waals surface area contributed by atoms with E-state index in [4.69, 9.17) is 9.47 Å². The van der Waals surface area contributed by atoms with E-state index in [-0.39, 0.29) is 16.0 Å². The lowest BCUT2D eigenvalue weighted by Crippen LogP contribution is -2.23. The highest BCUT2D eigenvalue weighted by Gasteiger charge is 2.19. The van der Waals surface area contributed by atoms with Crippen molar-refractivity contribution in [2.75, 3.05) is 18.9 Å². The normalized spacial score (nSPS) is 11.5. The Hall–Kier alpha value is -3.01. The van der Waals surface area contributed by atoms with Crippen LogP contribution in [-0.4, -0.2) is 36.8 Å². The number of nitrogens with one attached hydrogen (secondary N) is 1. The summed E-state index contributed by atoms with van der Waals surface area (Å²) in [6.45, 7) is 2.18. The van der Waals surface area contributed by atoms with Gasteiger partial charge in [-0.1, -0.05) is 0 Å². The molecule has 3 aromatic rings. The monoisotopic (exact) mass is 378 g/mol. The van der Waals surface area contributed by atoms with E-state index in [0.717, 1.165) is 0 Å². The summed E-state index contributed by atoms with van der Waals surface area (Å²) in [5, 5.41) is 3.97. The zero-order valence-electron chi connectivity index (χ0n) is 14.5. The van der Waals surface area contributed by atoms with Crippen molar-refractivity contribution in [3.8, 4) is 11.5 Å².